The van der Waals surface area contributed by atoms with Crippen molar-refractivity contribution in [2.45, 2.75) is 101 Å². The smallest absolute Gasteiger partial charge is 0.169 e. The van der Waals surface area contributed by atoms with Crippen molar-refractivity contribution in [2.75, 3.05) is 0 Å². The topological polar surface area (TPSA) is 162 Å². The molecule has 2 heterocycles. The van der Waals surface area contributed by atoms with Crippen molar-refractivity contribution in [1.82, 2.24) is 15.3 Å². The SMILES string of the molecule is Oc1ccc(C=Cc2c(CCc3ccc(C4C=CC5CC6CCC7CCc8[nH]cnc8C8(C5N4)C4C(O)C=CC5CCCC54CCC768)cc3)c(O)c(O)c3c(O)cccc23)cc1O. The number of aromatic nitrogens is 2. The number of nitrogens with zero attached hydrogens (tertiary/aromatic N) is 1. The Balaban J connectivity index is 0.886. The number of aromatic amines is 1. The van der Waals surface area contributed by atoms with Gasteiger partial charge in [-0.25, -0.2) is 4.98 Å². The Morgan fingerprint density at radius 2 is 1.62 bits per heavy atom. The summed E-state index contributed by atoms with van der Waals surface area (Å²) in [4.78, 5) is 9.07. The lowest BCUT2D eigenvalue weighted by atomic mass is 9.32. The molecule has 4 saturated carbocycles. The van der Waals surface area contributed by atoms with Gasteiger partial charge in [-0.15, -0.1) is 0 Å². The number of aromatic hydroxyl groups is 5. The second-order valence-corrected chi connectivity index (χ2v) is 20.3. The zero-order valence-electron chi connectivity index (χ0n) is 35.5. The van der Waals surface area contributed by atoms with Crippen molar-refractivity contribution in [2.24, 2.45) is 40.4 Å². The second kappa shape index (κ2) is 14.2. The number of aryl methyl sites for hydroxylation is 2. The third-order valence-corrected chi connectivity index (χ3v) is 18.1. The summed E-state index contributed by atoms with van der Waals surface area (Å²) in [6.07, 6.45) is 27.6. The van der Waals surface area contributed by atoms with Crippen LogP contribution in [-0.4, -0.2) is 52.8 Å². The first-order valence-electron chi connectivity index (χ1n) is 23.4. The molecule has 0 saturated heterocycles. The molecule has 6 aliphatic carbocycles. The van der Waals surface area contributed by atoms with E-state index in [1.807, 2.05) is 18.5 Å². The highest BCUT2D eigenvalue weighted by Crippen LogP contribution is 2.79. The molecule has 0 amide bonds. The Hall–Kier alpha value is -5.51. The number of aliphatic hydroxyl groups is 1. The van der Waals surface area contributed by atoms with Gasteiger partial charge in [0.1, 0.15) is 5.75 Å². The summed E-state index contributed by atoms with van der Waals surface area (Å²) in [6, 6.07) is 18.5. The Kier molecular flexibility index (Phi) is 8.84. The van der Waals surface area contributed by atoms with E-state index in [1.54, 1.807) is 18.2 Å². The molecule has 11 unspecified atom stereocenters. The number of imidazole rings is 1. The summed E-state index contributed by atoms with van der Waals surface area (Å²) >= 11 is 0. The molecule has 1 aliphatic heterocycles. The Morgan fingerprint density at radius 3 is 2.48 bits per heavy atom. The number of hydrogen-bond donors (Lipinski definition) is 8. The molecule has 324 valence electrons. The first-order chi connectivity index (χ1) is 30.6. The minimum absolute atomic E-state index is 0.00691. The van der Waals surface area contributed by atoms with Crippen LogP contribution in [0.5, 0.6) is 28.7 Å². The highest BCUT2D eigenvalue weighted by Gasteiger charge is 2.79. The number of phenolic OH excluding ortho intramolecular Hbond substituents is 5. The molecule has 1 aromatic heterocycles. The van der Waals surface area contributed by atoms with Crippen LogP contribution in [0.25, 0.3) is 22.9 Å². The van der Waals surface area contributed by atoms with Crippen LogP contribution in [0.3, 0.4) is 0 Å². The lowest BCUT2D eigenvalue weighted by molar-refractivity contribution is -0.203. The van der Waals surface area contributed by atoms with Gasteiger partial charge in [0.25, 0.3) is 0 Å². The normalized spacial score (nSPS) is 34.8. The molecule has 8 N–H and O–H groups in total. The van der Waals surface area contributed by atoms with E-state index in [1.165, 1.54) is 92.9 Å². The zero-order chi connectivity index (χ0) is 42.8. The van der Waals surface area contributed by atoms with Crippen LogP contribution in [0, 0.1) is 40.4 Å². The number of rotatable bonds is 6. The predicted molar refractivity (Wildman–Crippen MR) is 243 cm³/mol. The number of nitrogens with one attached hydrogen (secondary N) is 2. The molecule has 0 radical (unpaired) electrons. The number of phenols is 5. The largest absolute Gasteiger partial charge is 0.507 e. The maximum absolute atomic E-state index is 12.6. The van der Waals surface area contributed by atoms with E-state index in [-0.39, 0.29) is 68.4 Å². The fourth-order valence-electron chi connectivity index (χ4n) is 15.8. The highest BCUT2D eigenvalue weighted by molar-refractivity contribution is 6.03. The molecular weight excluding hydrogens is 787 g/mol. The fraction of sp³-hybridized carbons (Fsp3) is 0.426. The second-order valence-electron chi connectivity index (χ2n) is 20.3. The third-order valence-electron chi connectivity index (χ3n) is 18.1. The van der Waals surface area contributed by atoms with Crippen LogP contribution in [0.4, 0.5) is 0 Å². The van der Waals surface area contributed by atoms with Gasteiger partial charge in [0, 0.05) is 28.6 Å². The number of hydrogen-bond acceptors (Lipinski definition) is 8. The van der Waals surface area contributed by atoms with Gasteiger partial charge in [0.15, 0.2) is 23.0 Å². The Labute approximate surface area is 368 Å². The maximum Gasteiger partial charge on any atom is 0.169 e. The highest BCUT2D eigenvalue weighted by atomic mass is 16.3. The Bertz CT molecular complexity index is 2740. The van der Waals surface area contributed by atoms with Crippen molar-refractivity contribution < 1.29 is 30.6 Å². The molecule has 12 rings (SSSR count). The van der Waals surface area contributed by atoms with Crippen LogP contribution in [0.2, 0.25) is 0 Å². The van der Waals surface area contributed by atoms with E-state index in [4.69, 9.17) is 4.98 Å². The van der Waals surface area contributed by atoms with Gasteiger partial charge in [0.05, 0.1) is 29.6 Å². The number of H-pyrrole nitrogens is 1. The fourth-order valence-corrected chi connectivity index (χ4v) is 15.8. The number of allylic oxidation sites excluding steroid dienone is 1. The van der Waals surface area contributed by atoms with Crippen molar-refractivity contribution in [3.8, 4) is 28.7 Å². The predicted octanol–water partition coefficient (Wildman–Crippen LogP) is 9.66. The molecule has 11 atom stereocenters. The summed E-state index contributed by atoms with van der Waals surface area (Å²) < 4.78 is 0. The number of aliphatic hydroxyl groups excluding tert-OH is 1. The van der Waals surface area contributed by atoms with Gasteiger partial charge in [-0.05, 0) is 151 Å². The molecule has 5 aromatic rings. The molecule has 4 aromatic carbocycles. The van der Waals surface area contributed by atoms with Crippen LogP contribution in [-0.2, 0) is 24.7 Å². The molecule has 7 aliphatic rings. The number of fused-ring (bicyclic) bond motifs is 3. The average molecular weight is 844 g/mol. The zero-order valence-corrected chi connectivity index (χ0v) is 35.5. The van der Waals surface area contributed by atoms with E-state index < -0.39 is 6.10 Å². The summed E-state index contributed by atoms with van der Waals surface area (Å²) in [6.45, 7) is 0. The van der Waals surface area contributed by atoms with Gasteiger partial charge in [-0.2, -0.15) is 0 Å². The monoisotopic (exact) mass is 843 g/mol. The first-order valence-corrected chi connectivity index (χ1v) is 23.4. The molecular formula is C54H57N3O6. The summed E-state index contributed by atoms with van der Waals surface area (Å²) in [5.74, 6) is 0.987. The molecule has 63 heavy (non-hydrogen) atoms. The van der Waals surface area contributed by atoms with Crippen molar-refractivity contribution in [3.05, 3.63) is 131 Å². The number of benzene rings is 4. The maximum atomic E-state index is 12.6. The quantitative estimate of drug-likeness (QED) is 0.0476. The van der Waals surface area contributed by atoms with Gasteiger partial charge >= 0.3 is 0 Å². The summed E-state index contributed by atoms with van der Waals surface area (Å²) in [5.41, 5.74) is 6.54. The average Bonchev–Trinajstić information content (AvgIpc) is 4.02. The molecule has 9 heteroatoms. The van der Waals surface area contributed by atoms with Gasteiger partial charge in [0.2, 0.25) is 0 Å². The van der Waals surface area contributed by atoms with E-state index in [0.717, 1.165) is 12.0 Å². The third kappa shape index (κ3) is 5.38. The van der Waals surface area contributed by atoms with E-state index >= 15 is 0 Å². The molecule has 2 spiro atoms. The first kappa shape index (κ1) is 39.1. The standard InChI is InChI=1S/C54H57N3O6/c58-42-22-10-31(27-45(42)61)9-18-37-38-4-1-5-43(59)46(38)48(63)47(62)39(37)19-8-30-6-11-32(12-7-30)40-20-13-33-28-36-15-14-35-16-21-41-51(56-29-55-41)54(50(33)57-40)49-44(60)23-17-34-3-2-24-52(34,49)25-26-53(35,36)54/h1,4-7,9-13,17-18,20,22-23,27,29,33-36,40,44,49-50,57-63H,2-3,8,14-16,19,21,24-26,28H2,(H,55,56). The van der Waals surface area contributed by atoms with Crippen molar-refractivity contribution in [3.63, 3.8) is 0 Å². The van der Waals surface area contributed by atoms with Crippen LogP contribution >= 0.6 is 0 Å². The van der Waals surface area contributed by atoms with E-state index in [9.17, 15) is 30.6 Å². The summed E-state index contributed by atoms with van der Waals surface area (Å²) in [7, 11) is 0. The molecule has 9 nitrogen and oxygen atoms in total. The van der Waals surface area contributed by atoms with Crippen molar-refractivity contribution >= 4 is 22.9 Å². The Morgan fingerprint density at radius 1 is 0.762 bits per heavy atom. The lowest BCUT2D eigenvalue weighted by Gasteiger charge is -2.73. The minimum Gasteiger partial charge on any atom is -0.507 e. The van der Waals surface area contributed by atoms with Gasteiger partial charge in [-0.1, -0.05) is 85.3 Å². The summed E-state index contributed by atoms with van der Waals surface area (Å²) in [5, 5.41) is 71.1. The van der Waals surface area contributed by atoms with E-state index in [2.05, 4.69) is 58.9 Å². The minimum atomic E-state index is -0.503. The van der Waals surface area contributed by atoms with Gasteiger partial charge < -0.3 is 40.9 Å². The lowest BCUT2D eigenvalue weighted by Crippen LogP contribution is -2.77. The molecule has 4 fully saturated rings. The van der Waals surface area contributed by atoms with Gasteiger partial charge in [-0.3, -0.25) is 0 Å². The molecule has 0 bridgehead atoms. The van der Waals surface area contributed by atoms with Crippen LogP contribution < -0.4 is 5.32 Å². The van der Waals surface area contributed by atoms with Crippen molar-refractivity contribution in [1.29, 1.82) is 0 Å². The van der Waals surface area contributed by atoms with Crippen LogP contribution in [0.1, 0.15) is 103 Å². The van der Waals surface area contributed by atoms with Crippen LogP contribution in [0.15, 0.2) is 91.3 Å². The van der Waals surface area contributed by atoms with E-state index in [0.29, 0.717) is 58.6 Å².